The summed E-state index contributed by atoms with van der Waals surface area (Å²) in [4.78, 5) is 55.4. The largest absolute Gasteiger partial charge is 0.427 e. The highest BCUT2D eigenvalue weighted by Gasteiger charge is 2.58. The maximum atomic E-state index is 13.9. The van der Waals surface area contributed by atoms with E-state index in [-0.39, 0.29) is 30.1 Å². The smallest absolute Gasteiger partial charge is 0.418 e. The Labute approximate surface area is 231 Å². The molecule has 2 fully saturated rings. The van der Waals surface area contributed by atoms with Gasteiger partial charge in [-0.2, -0.15) is 0 Å². The number of fused-ring (bicyclic) bond motifs is 3. The van der Waals surface area contributed by atoms with E-state index >= 15 is 0 Å². The van der Waals surface area contributed by atoms with Gasteiger partial charge in [-0.1, -0.05) is 12.1 Å². The molecule has 3 N–H and O–H groups in total. The molecule has 2 aromatic rings. The van der Waals surface area contributed by atoms with Crippen LogP contribution in [0.4, 0.5) is 14.9 Å². The maximum absolute atomic E-state index is 13.9. The lowest BCUT2D eigenvalue weighted by atomic mass is 9.94. The number of aryl methyl sites for hydroxylation is 2. The average Bonchev–Trinajstić information content (AvgIpc) is 3.66. The fourth-order valence-electron chi connectivity index (χ4n) is 6.23. The van der Waals surface area contributed by atoms with E-state index in [1.54, 1.807) is 43.0 Å². The van der Waals surface area contributed by atoms with Crippen molar-refractivity contribution < 1.29 is 28.3 Å². The van der Waals surface area contributed by atoms with Crippen LogP contribution < -0.4 is 11.1 Å². The average molecular weight is 549 g/mol. The van der Waals surface area contributed by atoms with Crippen LogP contribution in [-0.4, -0.2) is 51.7 Å². The van der Waals surface area contributed by atoms with Gasteiger partial charge < -0.3 is 20.7 Å². The molecule has 2 aliphatic heterocycles. The summed E-state index contributed by atoms with van der Waals surface area (Å²) in [6.07, 6.45) is 3.31. The molecule has 2 atom stereocenters. The number of ether oxygens (including phenoxy) is 1. The van der Waals surface area contributed by atoms with Crippen LogP contribution in [0.2, 0.25) is 0 Å². The minimum atomic E-state index is -1.48. The molecule has 2 aliphatic carbocycles. The molecule has 2 aromatic carbocycles. The molecule has 1 spiro atoms. The summed E-state index contributed by atoms with van der Waals surface area (Å²) in [5.41, 5.74) is 6.99. The zero-order valence-electron chi connectivity index (χ0n) is 22.7. The highest BCUT2D eigenvalue weighted by Crippen LogP contribution is 2.46. The molecule has 210 valence electrons. The monoisotopic (exact) mass is 548 g/mol. The molecule has 2 heterocycles. The number of amides is 4. The van der Waals surface area contributed by atoms with Crippen molar-refractivity contribution in [1.82, 2.24) is 9.80 Å². The van der Waals surface area contributed by atoms with Gasteiger partial charge in [0.25, 0.3) is 5.91 Å². The van der Waals surface area contributed by atoms with Crippen molar-refractivity contribution in [2.75, 3.05) is 11.9 Å². The molecule has 9 nitrogen and oxygen atoms in total. The lowest BCUT2D eigenvalue weighted by Gasteiger charge is -2.31. The molecule has 1 saturated heterocycles. The Kier molecular flexibility index (Phi) is 6.21. The van der Waals surface area contributed by atoms with Crippen LogP contribution in [0, 0.1) is 11.7 Å². The first-order chi connectivity index (χ1) is 19.0. The van der Waals surface area contributed by atoms with Crippen LogP contribution in [0.5, 0.6) is 0 Å². The van der Waals surface area contributed by atoms with Crippen LogP contribution in [-0.2, 0) is 44.1 Å². The second-order valence-electron chi connectivity index (χ2n) is 12.0. The first-order valence-corrected chi connectivity index (χ1v) is 13.8. The second-order valence-corrected chi connectivity index (χ2v) is 12.0. The number of carbonyl (C=O) groups is 4. The number of carbonyl (C=O) groups excluding carboxylic acids is 4. The van der Waals surface area contributed by atoms with Gasteiger partial charge in [0.05, 0.1) is 5.54 Å². The highest BCUT2D eigenvalue weighted by atomic mass is 19.1. The van der Waals surface area contributed by atoms with Crippen LogP contribution >= 0.6 is 0 Å². The third kappa shape index (κ3) is 4.54. The van der Waals surface area contributed by atoms with E-state index in [2.05, 4.69) is 5.32 Å². The Morgan fingerprint density at radius 2 is 1.85 bits per heavy atom. The number of rotatable bonds is 5. The standard InChI is InChI=1S/C30H33FN4O5/c1-29(2,32)26(37)33-22-8-9-23-19(14-22)11-12-30(23)27(38)35(28(39)40-30)16-25(36)34-15-20-5-7-21(31)13-18(20)6-10-24(34)17-3-4-17/h5,7-9,13-14,17,24H,3-4,6,10-12,15-16,32H2,1-2H3,(H,33,37)/t24-,30-/m1/s1. The predicted molar refractivity (Wildman–Crippen MR) is 143 cm³/mol. The molecule has 4 amide bonds. The van der Waals surface area contributed by atoms with Crippen LogP contribution in [0.1, 0.15) is 61.8 Å². The van der Waals surface area contributed by atoms with E-state index in [1.165, 1.54) is 12.1 Å². The number of anilines is 1. The number of benzene rings is 2. The number of nitrogens with two attached hydrogens (primary N) is 1. The van der Waals surface area contributed by atoms with Gasteiger partial charge in [0.1, 0.15) is 12.4 Å². The summed E-state index contributed by atoms with van der Waals surface area (Å²) in [6.45, 7) is 3.12. The van der Waals surface area contributed by atoms with Gasteiger partial charge in [-0.25, -0.2) is 14.1 Å². The predicted octanol–water partition coefficient (Wildman–Crippen LogP) is 3.38. The molecular weight excluding hydrogens is 515 g/mol. The van der Waals surface area contributed by atoms with E-state index in [4.69, 9.17) is 10.5 Å². The summed E-state index contributed by atoms with van der Waals surface area (Å²) in [7, 11) is 0. The van der Waals surface area contributed by atoms with Crippen molar-refractivity contribution in [3.8, 4) is 0 Å². The Bertz CT molecular complexity index is 1430. The molecule has 0 aromatic heterocycles. The number of hydrogen-bond acceptors (Lipinski definition) is 6. The Balaban J connectivity index is 1.21. The molecule has 6 rings (SSSR count). The maximum Gasteiger partial charge on any atom is 0.418 e. The molecule has 4 aliphatic rings. The summed E-state index contributed by atoms with van der Waals surface area (Å²) in [5.74, 6) is -1.15. The molecule has 1 saturated carbocycles. The van der Waals surface area contributed by atoms with Gasteiger partial charge in [0, 0.05) is 30.3 Å². The Morgan fingerprint density at radius 3 is 2.58 bits per heavy atom. The van der Waals surface area contributed by atoms with Crippen molar-refractivity contribution in [2.24, 2.45) is 11.7 Å². The zero-order valence-corrected chi connectivity index (χ0v) is 22.7. The lowest BCUT2D eigenvalue weighted by Crippen LogP contribution is -2.48. The van der Waals surface area contributed by atoms with Crippen LogP contribution in [0.3, 0.4) is 0 Å². The van der Waals surface area contributed by atoms with Gasteiger partial charge in [-0.05, 0) is 92.8 Å². The number of nitrogens with zero attached hydrogens (tertiary/aromatic N) is 2. The Hall–Kier alpha value is -3.79. The van der Waals surface area contributed by atoms with Crippen molar-refractivity contribution in [2.45, 2.75) is 76.1 Å². The number of nitrogens with one attached hydrogen (secondary N) is 1. The fourth-order valence-corrected chi connectivity index (χ4v) is 6.23. The van der Waals surface area contributed by atoms with Crippen molar-refractivity contribution in [3.05, 3.63) is 64.5 Å². The summed E-state index contributed by atoms with van der Waals surface area (Å²) in [5, 5.41) is 2.78. The van der Waals surface area contributed by atoms with Gasteiger partial charge in [-0.3, -0.25) is 14.4 Å². The van der Waals surface area contributed by atoms with Gasteiger partial charge in [0.2, 0.25) is 17.4 Å². The summed E-state index contributed by atoms with van der Waals surface area (Å²) in [6, 6.07) is 9.73. The molecular formula is C30H33FN4O5. The lowest BCUT2D eigenvalue weighted by molar-refractivity contribution is -0.143. The SMILES string of the molecule is CC(C)(N)C(=O)Nc1ccc2c(c1)CC[C@@]21OC(=O)N(CC(=O)N2Cc3ccc(F)cc3CC[C@@H]2C2CC2)C1=O. The first-order valence-electron chi connectivity index (χ1n) is 13.8. The molecule has 10 heteroatoms. The van der Waals surface area contributed by atoms with E-state index in [9.17, 15) is 23.6 Å². The van der Waals surface area contributed by atoms with E-state index in [0.29, 0.717) is 43.0 Å². The summed E-state index contributed by atoms with van der Waals surface area (Å²) >= 11 is 0. The summed E-state index contributed by atoms with van der Waals surface area (Å²) < 4.78 is 19.6. The zero-order chi connectivity index (χ0) is 28.4. The number of halogens is 1. The van der Waals surface area contributed by atoms with Gasteiger partial charge in [-0.15, -0.1) is 0 Å². The third-order valence-corrected chi connectivity index (χ3v) is 8.60. The van der Waals surface area contributed by atoms with Crippen LogP contribution in [0.25, 0.3) is 0 Å². The Morgan fingerprint density at radius 1 is 1.07 bits per heavy atom. The molecule has 0 radical (unpaired) electrons. The first kappa shape index (κ1) is 26.4. The molecule has 0 bridgehead atoms. The topological polar surface area (TPSA) is 122 Å². The normalized spacial score (nSPS) is 24.1. The van der Waals surface area contributed by atoms with Crippen molar-refractivity contribution >= 4 is 29.5 Å². The minimum absolute atomic E-state index is 0.0232. The highest BCUT2D eigenvalue weighted by molar-refractivity contribution is 6.06. The van der Waals surface area contributed by atoms with Crippen molar-refractivity contribution in [1.29, 1.82) is 0 Å². The molecule has 0 unspecified atom stereocenters. The second kappa shape index (κ2) is 9.40. The van der Waals surface area contributed by atoms with Gasteiger partial charge >= 0.3 is 6.09 Å². The number of imide groups is 1. The van der Waals surface area contributed by atoms with E-state index < -0.39 is 29.7 Å². The fraction of sp³-hybridized carbons (Fsp3) is 0.467. The van der Waals surface area contributed by atoms with Crippen molar-refractivity contribution in [3.63, 3.8) is 0 Å². The van der Waals surface area contributed by atoms with E-state index in [0.717, 1.165) is 34.4 Å². The van der Waals surface area contributed by atoms with Gasteiger partial charge in [0.15, 0.2) is 0 Å². The van der Waals surface area contributed by atoms with E-state index in [1.807, 2.05) is 0 Å². The molecule has 40 heavy (non-hydrogen) atoms. The van der Waals surface area contributed by atoms with Crippen LogP contribution in [0.15, 0.2) is 36.4 Å². The quantitative estimate of drug-likeness (QED) is 0.591. The number of hydrogen-bond donors (Lipinski definition) is 2. The third-order valence-electron chi connectivity index (χ3n) is 8.60. The minimum Gasteiger partial charge on any atom is -0.427 e.